The predicted octanol–water partition coefficient (Wildman–Crippen LogP) is -9.32. The van der Waals surface area contributed by atoms with Crippen molar-refractivity contribution < 1.29 is 104 Å². The standard InChI is InChI=1S/C30H51N3O21/c1-8(38)31-15-22(45)18(41)11(4-34)49-28(15)54-26-21(44)14(7-37)51-30(23(26)46)53-25-17(33-10(3)40)29(50-13(6-36)20(25)43)52-24-16(32-9(2)39)27(47)48-12(5-35)19(24)42/h11-30,34-37,41-47H,4-7H2,1-3H3,(H,31,38)(H,32,39)(H,33,40)/t11-,12-,13-,14-,15-,16-,17-,18-,19+,20-,21+,22-,23-,24-,25-,26+,27?,28-,29+,30+/m1/s1. The highest BCUT2D eigenvalue weighted by atomic mass is 16.7. The van der Waals surface area contributed by atoms with Crippen LogP contribution < -0.4 is 16.0 Å². The van der Waals surface area contributed by atoms with Gasteiger partial charge in [-0.15, -0.1) is 0 Å². The molecule has 0 aliphatic carbocycles. The van der Waals surface area contributed by atoms with E-state index in [1.54, 1.807) is 0 Å². The molecule has 20 atom stereocenters. The van der Waals surface area contributed by atoms with Gasteiger partial charge in [-0.3, -0.25) is 14.4 Å². The van der Waals surface area contributed by atoms with Crippen molar-refractivity contribution in [1.82, 2.24) is 16.0 Å². The van der Waals surface area contributed by atoms with Crippen LogP contribution in [0.2, 0.25) is 0 Å². The summed E-state index contributed by atoms with van der Waals surface area (Å²) in [4.78, 5) is 36.4. The first-order chi connectivity index (χ1) is 25.5. The summed E-state index contributed by atoms with van der Waals surface area (Å²) in [6.07, 6.45) is -29.8. The van der Waals surface area contributed by atoms with Crippen LogP contribution in [0.4, 0.5) is 0 Å². The number of hydrogen-bond donors (Lipinski definition) is 14. The van der Waals surface area contributed by atoms with E-state index in [0.717, 1.165) is 20.8 Å². The minimum absolute atomic E-state index is 0.695. The Kier molecular flexibility index (Phi) is 15.8. The van der Waals surface area contributed by atoms with Crippen molar-refractivity contribution in [2.75, 3.05) is 26.4 Å². The van der Waals surface area contributed by atoms with E-state index in [1.165, 1.54) is 0 Å². The molecule has 0 aromatic carbocycles. The first kappa shape index (κ1) is 44.4. The Morgan fingerprint density at radius 1 is 0.444 bits per heavy atom. The fraction of sp³-hybridized carbons (Fsp3) is 0.900. The minimum atomic E-state index is -2.08. The van der Waals surface area contributed by atoms with E-state index >= 15 is 0 Å². The van der Waals surface area contributed by atoms with Crippen LogP contribution in [0.15, 0.2) is 0 Å². The molecular weight excluding hydrogens is 738 g/mol. The van der Waals surface area contributed by atoms with Crippen molar-refractivity contribution >= 4 is 17.7 Å². The number of aliphatic hydroxyl groups is 11. The van der Waals surface area contributed by atoms with Gasteiger partial charge >= 0.3 is 0 Å². The Labute approximate surface area is 307 Å². The second kappa shape index (κ2) is 19.2. The fourth-order valence-corrected chi connectivity index (χ4v) is 6.75. The number of carbonyl (C=O) groups is 3. The van der Waals surface area contributed by atoms with Crippen molar-refractivity contribution in [2.24, 2.45) is 0 Å². The summed E-state index contributed by atoms with van der Waals surface area (Å²) in [5.74, 6) is -2.18. The molecule has 24 nitrogen and oxygen atoms in total. The third kappa shape index (κ3) is 9.79. The Balaban J connectivity index is 1.66. The van der Waals surface area contributed by atoms with Crippen molar-refractivity contribution in [2.45, 2.75) is 143 Å². The number of ether oxygens (including phenoxy) is 7. The molecule has 4 aliphatic heterocycles. The molecule has 4 fully saturated rings. The maximum atomic E-state index is 12.5. The highest BCUT2D eigenvalue weighted by Gasteiger charge is 2.56. The van der Waals surface area contributed by atoms with Crippen LogP contribution >= 0.6 is 0 Å². The van der Waals surface area contributed by atoms with Crippen LogP contribution in [-0.4, -0.2) is 223 Å². The maximum Gasteiger partial charge on any atom is 0.217 e. The molecule has 4 heterocycles. The fourth-order valence-electron chi connectivity index (χ4n) is 6.75. The van der Waals surface area contributed by atoms with Crippen molar-refractivity contribution in [1.29, 1.82) is 0 Å². The summed E-state index contributed by atoms with van der Waals surface area (Å²) in [5.41, 5.74) is 0. The van der Waals surface area contributed by atoms with E-state index in [-0.39, 0.29) is 0 Å². The first-order valence-electron chi connectivity index (χ1n) is 17.1. The van der Waals surface area contributed by atoms with Gasteiger partial charge < -0.3 is 105 Å². The van der Waals surface area contributed by atoms with Gasteiger partial charge in [0.15, 0.2) is 25.2 Å². The summed E-state index contributed by atoms with van der Waals surface area (Å²) < 4.78 is 39.8. The molecule has 1 unspecified atom stereocenters. The molecule has 0 radical (unpaired) electrons. The third-order valence-electron chi connectivity index (χ3n) is 9.41. The summed E-state index contributed by atoms with van der Waals surface area (Å²) in [6, 6.07) is -4.65. The first-order valence-corrected chi connectivity index (χ1v) is 17.1. The monoisotopic (exact) mass is 789 g/mol. The molecule has 4 saturated heterocycles. The predicted molar refractivity (Wildman–Crippen MR) is 169 cm³/mol. The molecule has 0 aromatic rings. The van der Waals surface area contributed by atoms with Gasteiger partial charge in [0.2, 0.25) is 17.7 Å². The molecule has 24 heteroatoms. The molecule has 0 spiro atoms. The van der Waals surface area contributed by atoms with Gasteiger partial charge in [0.25, 0.3) is 0 Å². The number of nitrogens with one attached hydrogen (secondary N) is 3. The van der Waals surface area contributed by atoms with Gasteiger partial charge in [-0.05, 0) is 0 Å². The van der Waals surface area contributed by atoms with Gasteiger partial charge in [0.1, 0.15) is 97.5 Å². The van der Waals surface area contributed by atoms with Crippen LogP contribution in [-0.2, 0) is 47.5 Å². The molecule has 0 saturated carbocycles. The summed E-state index contributed by atoms with van der Waals surface area (Å²) in [6.45, 7) is -0.253. The third-order valence-corrected chi connectivity index (χ3v) is 9.41. The Hall–Kier alpha value is -2.31. The second-order valence-electron chi connectivity index (χ2n) is 13.3. The normalized spacial score (nSPS) is 45.7. The van der Waals surface area contributed by atoms with Crippen LogP contribution in [0.3, 0.4) is 0 Å². The van der Waals surface area contributed by atoms with Gasteiger partial charge in [-0.2, -0.15) is 0 Å². The molecular formula is C30H51N3O21. The minimum Gasteiger partial charge on any atom is -0.394 e. The lowest BCUT2D eigenvalue weighted by Gasteiger charge is -2.50. The molecule has 4 aliphatic rings. The second-order valence-corrected chi connectivity index (χ2v) is 13.3. The average Bonchev–Trinajstić information content (AvgIpc) is 3.11. The quantitative estimate of drug-likeness (QED) is 0.0823. The largest absolute Gasteiger partial charge is 0.394 e. The van der Waals surface area contributed by atoms with E-state index in [4.69, 9.17) is 33.2 Å². The number of carbonyl (C=O) groups excluding carboxylic acids is 3. The Bertz CT molecular complexity index is 1250. The zero-order valence-corrected chi connectivity index (χ0v) is 29.4. The molecule has 0 bridgehead atoms. The summed E-state index contributed by atoms with van der Waals surface area (Å²) in [7, 11) is 0. The Morgan fingerprint density at radius 3 is 1.30 bits per heavy atom. The summed E-state index contributed by atoms with van der Waals surface area (Å²) in [5, 5.41) is 123. The van der Waals surface area contributed by atoms with Crippen molar-refractivity contribution in [3.63, 3.8) is 0 Å². The molecule has 14 N–H and O–H groups in total. The molecule has 312 valence electrons. The van der Waals surface area contributed by atoms with Crippen molar-refractivity contribution in [3.05, 3.63) is 0 Å². The van der Waals surface area contributed by atoms with E-state index in [1.807, 2.05) is 0 Å². The van der Waals surface area contributed by atoms with Crippen LogP contribution in [0.25, 0.3) is 0 Å². The molecule has 54 heavy (non-hydrogen) atoms. The zero-order valence-electron chi connectivity index (χ0n) is 29.4. The highest BCUT2D eigenvalue weighted by Crippen LogP contribution is 2.34. The summed E-state index contributed by atoms with van der Waals surface area (Å²) >= 11 is 0. The van der Waals surface area contributed by atoms with E-state index in [9.17, 15) is 70.6 Å². The van der Waals surface area contributed by atoms with Gasteiger partial charge in [-0.1, -0.05) is 0 Å². The molecule has 0 aromatic heterocycles. The van der Waals surface area contributed by atoms with Gasteiger partial charge in [0, 0.05) is 20.8 Å². The van der Waals surface area contributed by atoms with Crippen LogP contribution in [0, 0.1) is 0 Å². The van der Waals surface area contributed by atoms with E-state index in [2.05, 4.69) is 16.0 Å². The lowest BCUT2D eigenvalue weighted by Crippen LogP contribution is -2.71. The Morgan fingerprint density at radius 2 is 0.796 bits per heavy atom. The average molecular weight is 790 g/mol. The van der Waals surface area contributed by atoms with Gasteiger partial charge in [0.05, 0.1) is 26.4 Å². The van der Waals surface area contributed by atoms with E-state index < -0.39 is 167 Å². The van der Waals surface area contributed by atoms with Gasteiger partial charge in [-0.25, -0.2) is 0 Å². The molecule has 4 rings (SSSR count). The van der Waals surface area contributed by atoms with E-state index in [0.29, 0.717) is 0 Å². The topological polar surface area (TPSA) is 374 Å². The van der Waals surface area contributed by atoms with Crippen molar-refractivity contribution in [3.8, 4) is 0 Å². The smallest absolute Gasteiger partial charge is 0.217 e. The zero-order chi connectivity index (χ0) is 40.2. The van der Waals surface area contributed by atoms with Crippen LogP contribution in [0.5, 0.6) is 0 Å². The lowest BCUT2D eigenvalue weighted by atomic mass is 9.93. The van der Waals surface area contributed by atoms with Crippen LogP contribution in [0.1, 0.15) is 20.8 Å². The number of aliphatic hydroxyl groups excluding tert-OH is 11. The molecule has 3 amide bonds. The SMILES string of the molecule is CC(=O)N[C@H]1[C@@H](O[C@H]2[C@@H](O)[C@@H](CO)O[C@@H](O[C@H]3[C@H](O)[C@@H](CO)O[C@@H](O[C@H]4[C@@H](O)[C@@H](CO)OC(O)[C@@H]4NC(C)=O)[C@@H]3NC(C)=O)[C@@H]2O)O[C@H](CO)[C@@H](O)[C@@H]1O. The number of amides is 3. The lowest BCUT2D eigenvalue weighted by molar-refractivity contribution is -0.371. The highest BCUT2D eigenvalue weighted by molar-refractivity contribution is 5.74. The number of hydrogen-bond acceptors (Lipinski definition) is 21. The maximum absolute atomic E-state index is 12.5. The number of rotatable bonds is 13.